The molecule has 3 aromatic carbocycles. The molecule has 5 rings (SSSR count). The molecule has 2 aliphatic rings. The van der Waals surface area contributed by atoms with Gasteiger partial charge in [-0.25, -0.2) is 12.1 Å². The third-order valence-electron chi connectivity index (χ3n) is 5.46. The van der Waals surface area contributed by atoms with E-state index >= 15 is 0 Å². The van der Waals surface area contributed by atoms with Crippen LogP contribution in [0.3, 0.4) is 0 Å². The predicted molar refractivity (Wildman–Crippen MR) is 101 cm³/mol. The van der Waals surface area contributed by atoms with Gasteiger partial charge in [0.25, 0.3) is 0 Å². The van der Waals surface area contributed by atoms with Crippen molar-refractivity contribution in [2.24, 2.45) is 5.92 Å². The summed E-state index contributed by atoms with van der Waals surface area (Å²) >= 11 is 0. The molecule has 0 amide bonds. The Morgan fingerprint density at radius 1 is 0.778 bits per heavy atom. The summed E-state index contributed by atoms with van der Waals surface area (Å²) in [4.78, 5) is 0. The summed E-state index contributed by atoms with van der Waals surface area (Å²) in [5, 5.41) is 0. The van der Waals surface area contributed by atoms with Crippen LogP contribution >= 0.6 is 0 Å². The summed E-state index contributed by atoms with van der Waals surface area (Å²) in [6.45, 7) is 0. The predicted octanol–water partition coefficient (Wildman–Crippen LogP) is 0.590. The molecule has 0 nitrogen and oxygen atoms in total. The standard InChI is InChI=1S/C19H19.C5H5.2ClH.Zr/c1-2-8-14(9-3-1)19-17-12-6-4-10-15(17)16-11-5-7-13-18(16)19;1-2-4-5-3-1;;;/h4-7,10-12,14,19H,1-3,8-9H2;1-5H;2*1H;/q2*-1;;;+4/p-2. The van der Waals surface area contributed by atoms with Crippen molar-refractivity contribution in [3.63, 3.8) is 0 Å². The van der Waals surface area contributed by atoms with Crippen molar-refractivity contribution in [3.8, 4) is 11.1 Å². The molecular weight excluding hydrogens is 450 g/mol. The molecule has 1 fully saturated rings. The van der Waals surface area contributed by atoms with Crippen molar-refractivity contribution in [1.82, 2.24) is 0 Å². The summed E-state index contributed by atoms with van der Waals surface area (Å²) in [6.07, 6.45) is 7.02. The molecule has 3 aromatic rings. The van der Waals surface area contributed by atoms with Gasteiger partial charge in [-0.1, -0.05) is 49.1 Å². The van der Waals surface area contributed by atoms with Gasteiger partial charge in [0.1, 0.15) is 0 Å². The SMILES string of the molecule is [Cl-].[Cl-].[Zr+4].[c-]1cccc2c1C(C1CCCCC1)c1ccccc1-2.c1cc[cH-]c1. The van der Waals surface area contributed by atoms with Gasteiger partial charge in [0.2, 0.25) is 0 Å². The Hall–Kier alpha value is -0.747. The minimum atomic E-state index is 0. The van der Waals surface area contributed by atoms with E-state index in [1.807, 2.05) is 30.3 Å². The van der Waals surface area contributed by atoms with Gasteiger partial charge in [-0.2, -0.15) is 42.5 Å². The average Bonchev–Trinajstić information content (AvgIpc) is 3.33. The molecule has 0 saturated heterocycles. The Labute approximate surface area is 195 Å². The summed E-state index contributed by atoms with van der Waals surface area (Å²) in [6, 6.07) is 29.0. The Morgan fingerprint density at radius 2 is 1.44 bits per heavy atom. The first-order valence-corrected chi connectivity index (χ1v) is 9.22. The van der Waals surface area contributed by atoms with Crippen molar-refractivity contribution in [2.75, 3.05) is 0 Å². The Kier molecular flexibility index (Phi) is 10.8. The fourth-order valence-corrected chi connectivity index (χ4v) is 4.39. The zero-order valence-electron chi connectivity index (χ0n) is 15.4. The zero-order valence-corrected chi connectivity index (χ0v) is 19.3. The summed E-state index contributed by atoms with van der Waals surface area (Å²) in [7, 11) is 0. The maximum Gasteiger partial charge on any atom is 4.00 e. The van der Waals surface area contributed by atoms with Gasteiger partial charge in [-0.15, -0.1) is 11.1 Å². The van der Waals surface area contributed by atoms with Crippen LogP contribution in [0.25, 0.3) is 11.1 Å². The zero-order chi connectivity index (χ0) is 16.2. The number of fused-ring (bicyclic) bond motifs is 3. The van der Waals surface area contributed by atoms with Crippen molar-refractivity contribution < 1.29 is 51.0 Å². The molecule has 0 aliphatic heterocycles. The van der Waals surface area contributed by atoms with Crippen LogP contribution in [0.1, 0.15) is 49.1 Å². The topological polar surface area (TPSA) is 0 Å². The van der Waals surface area contributed by atoms with Crippen LogP contribution in [0, 0.1) is 12.0 Å². The molecule has 2 aliphatic carbocycles. The van der Waals surface area contributed by atoms with E-state index in [9.17, 15) is 0 Å². The number of hydrogen-bond donors (Lipinski definition) is 0. The molecule has 0 bridgehead atoms. The van der Waals surface area contributed by atoms with Gasteiger partial charge in [0, 0.05) is 0 Å². The van der Waals surface area contributed by atoms with E-state index in [1.165, 1.54) is 48.8 Å². The normalized spacial score (nSPS) is 17.0. The summed E-state index contributed by atoms with van der Waals surface area (Å²) < 4.78 is 0. The van der Waals surface area contributed by atoms with E-state index in [0.29, 0.717) is 5.92 Å². The number of halogens is 2. The van der Waals surface area contributed by atoms with Crippen LogP contribution in [0.5, 0.6) is 0 Å². The van der Waals surface area contributed by atoms with Crippen molar-refractivity contribution in [2.45, 2.75) is 38.0 Å². The van der Waals surface area contributed by atoms with E-state index in [4.69, 9.17) is 0 Å². The van der Waals surface area contributed by atoms with Crippen LogP contribution in [-0.4, -0.2) is 0 Å². The van der Waals surface area contributed by atoms with Gasteiger partial charge in [0.15, 0.2) is 0 Å². The third-order valence-corrected chi connectivity index (χ3v) is 5.46. The van der Waals surface area contributed by atoms with Crippen LogP contribution in [0.4, 0.5) is 0 Å². The van der Waals surface area contributed by atoms with Crippen LogP contribution in [-0.2, 0) is 26.2 Å². The number of rotatable bonds is 1. The van der Waals surface area contributed by atoms with E-state index in [1.54, 1.807) is 5.56 Å². The second-order valence-electron chi connectivity index (χ2n) is 6.92. The monoisotopic (exact) mass is 472 g/mol. The molecule has 3 heteroatoms. The van der Waals surface area contributed by atoms with Crippen LogP contribution in [0.15, 0.2) is 72.8 Å². The van der Waals surface area contributed by atoms with E-state index in [2.05, 4.69) is 48.5 Å². The molecule has 0 heterocycles. The molecule has 1 saturated carbocycles. The van der Waals surface area contributed by atoms with Crippen molar-refractivity contribution in [1.29, 1.82) is 0 Å². The van der Waals surface area contributed by atoms with Crippen molar-refractivity contribution in [3.05, 3.63) is 90.0 Å². The van der Waals surface area contributed by atoms with Gasteiger partial charge in [-0.3, -0.25) is 0 Å². The average molecular weight is 475 g/mol. The second kappa shape index (κ2) is 12.0. The maximum absolute atomic E-state index is 3.54. The first-order valence-electron chi connectivity index (χ1n) is 9.22. The number of benzene rings is 2. The van der Waals surface area contributed by atoms with Gasteiger partial charge >= 0.3 is 26.2 Å². The first kappa shape index (κ1) is 24.3. The fraction of sp³-hybridized carbons (Fsp3) is 0.292. The molecule has 0 spiro atoms. The summed E-state index contributed by atoms with van der Waals surface area (Å²) in [5.41, 5.74) is 5.88. The summed E-state index contributed by atoms with van der Waals surface area (Å²) in [5.74, 6) is 1.43. The molecule has 0 N–H and O–H groups in total. The van der Waals surface area contributed by atoms with Crippen LogP contribution in [0.2, 0.25) is 0 Å². The third kappa shape index (κ3) is 5.41. The Bertz CT molecular complexity index is 714. The molecule has 138 valence electrons. The van der Waals surface area contributed by atoms with E-state index in [0.717, 1.165) is 5.92 Å². The second-order valence-corrected chi connectivity index (χ2v) is 6.92. The van der Waals surface area contributed by atoms with Gasteiger partial charge in [0.05, 0.1) is 0 Å². The van der Waals surface area contributed by atoms with Crippen LogP contribution < -0.4 is 24.8 Å². The molecule has 0 radical (unpaired) electrons. The fourth-order valence-electron chi connectivity index (χ4n) is 4.39. The largest absolute Gasteiger partial charge is 4.00 e. The minimum Gasteiger partial charge on any atom is -1.00 e. The molecule has 0 aromatic heterocycles. The first-order chi connectivity index (χ1) is 11.9. The minimum absolute atomic E-state index is 0. The maximum atomic E-state index is 3.54. The Balaban J connectivity index is 0.000000402. The number of hydrogen-bond acceptors (Lipinski definition) is 0. The smallest absolute Gasteiger partial charge is 1.00 e. The molecule has 1 unspecified atom stereocenters. The van der Waals surface area contributed by atoms with Gasteiger partial charge < -0.3 is 24.8 Å². The van der Waals surface area contributed by atoms with E-state index in [-0.39, 0.29) is 51.0 Å². The molecular formula is C24H24Cl2Zr. The van der Waals surface area contributed by atoms with Crippen molar-refractivity contribution >= 4 is 0 Å². The molecule has 1 atom stereocenters. The Morgan fingerprint density at radius 3 is 2.11 bits per heavy atom. The van der Waals surface area contributed by atoms with E-state index < -0.39 is 0 Å². The quantitative estimate of drug-likeness (QED) is 0.453. The van der Waals surface area contributed by atoms with Gasteiger partial charge in [-0.05, 0) is 30.2 Å². The molecule has 27 heavy (non-hydrogen) atoms.